The second kappa shape index (κ2) is 5.44. The van der Waals surface area contributed by atoms with E-state index < -0.39 is 53.7 Å². The van der Waals surface area contributed by atoms with Gasteiger partial charge < -0.3 is 20.7 Å². The Kier molecular flexibility index (Phi) is 4.15. The number of rotatable bonds is 3. The molecule has 0 spiro atoms. The Bertz CT molecular complexity index is 601. The van der Waals surface area contributed by atoms with Gasteiger partial charge in [0.15, 0.2) is 29.6 Å². The van der Waals surface area contributed by atoms with E-state index in [9.17, 15) is 23.1 Å². The second-order valence-electron chi connectivity index (χ2n) is 4.48. The van der Waals surface area contributed by atoms with Gasteiger partial charge in [-0.25, -0.2) is 18.0 Å². The summed E-state index contributed by atoms with van der Waals surface area (Å²) >= 11 is 5.17. The number of nitrogen functional groups attached to an aromatic ring is 1. The van der Waals surface area contributed by atoms with E-state index in [-0.39, 0.29) is 0 Å². The molecule has 0 amide bonds. The van der Waals surface area contributed by atoms with Crippen molar-refractivity contribution in [3.63, 3.8) is 0 Å². The molecule has 1 aliphatic heterocycles. The smallest absolute Gasteiger partial charge is 0.351 e. The van der Waals surface area contributed by atoms with Crippen molar-refractivity contribution in [2.24, 2.45) is 0 Å². The molecule has 2 rings (SSSR count). The molecule has 5 atom stereocenters. The number of halogens is 4. The molecule has 0 unspecified atom stereocenters. The van der Waals surface area contributed by atoms with Crippen LogP contribution >= 0.6 is 11.6 Å². The van der Waals surface area contributed by atoms with Crippen LogP contribution in [0.4, 0.5) is 19.0 Å². The normalized spacial score (nSPS) is 34.1. The Balaban J connectivity index is 2.47. The van der Waals surface area contributed by atoms with Gasteiger partial charge in [0.2, 0.25) is 5.63 Å². The van der Waals surface area contributed by atoms with Crippen LogP contribution in [0.25, 0.3) is 0 Å². The zero-order chi connectivity index (χ0) is 15.9. The lowest BCUT2D eigenvalue weighted by molar-refractivity contribution is -0.148. The average Bonchev–Trinajstić information content (AvgIpc) is 2.68. The predicted octanol–water partition coefficient (Wildman–Crippen LogP) is -0.542. The number of nitrogens with two attached hydrogens (primary N) is 1. The maximum absolute atomic E-state index is 14.1. The summed E-state index contributed by atoms with van der Waals surface area (Å²) in [5.41, 5.74) is -1.05. The molecule has 1 fully saturated rings. The SMILES string of the molecule is Nc1nc(=O)n([C@@H]2O[C@@](CO)([C@@H](F)Cl)[C@@H](O)[C@@H]2F)cc1F. The fourth-order valence-corrected chi connectivity index (χ4v) is 2.26. The number of hydrogen-bond acceptors (Lipinski definition) is 6. The summed E-state index contributed by atoms with van der Waals surface area (Å²) < 4.78 is 46.0. The maximum Gasteiger partial charge on any atom is 0.351 e. The molecular weight excluding hydrogens is 319 g/mol. The van der Waals surface area contributed by atoms with Crippen LogP contribution in [0.15, 0.2) is 11.0 Å². The Morgan fingerprint density at radius 3 is 2.76 bits per heavy atom. The monoisotopic (exact) mass is 329 g/mol. The third kappa shape index (κ3) is 2.37. The minimum atomic E-state index is -2.48. The molecule has 0 radical (unpaired) electrons. The van der Waals surface area contributed by atoms with Crippen LogP contribution in [0.1, 0.15) is 6.23 Å². The van der Waals surface area contributed by atoms with Crippen LogP contribution in [-0.2, 0) is 4.74 Å². The van der Waals surface area contributed by atoms with Gasteiger partial charge >= 0.3 is 5.69 Å². The molecule has 0 aliphatic carbocycles. The van der Waals surface area contributed by atoms with Crippen molar-refractivity contribution in [2.75, 3.05) is 12.3 Å². The summed E-state index contributed by atoms with van der Waals surface area (Å²) in [6.07, 6.45) is -5.94. The van der Waals surface area contributed by atoms with Crippen LogP contribution in [0.3, 0.4) is 0 Å². The standard InChI is InChI=1S/C10H11ClF3N3O4/c11-8(14)10(2-18)5(19)4(13)7(21-10)17-1-3(12)6(15)16-9(17)20/h1,4-5,7-8,18-19H,2H2,(H2,15,16,20)/t4-,5-,7+,8+,10+/m0/s1. The number of alkyl halides is 3. The predicted molar refractivity (Wildman–Crippen MR) is 64.5 cm³/mol. The summed E-state index contributed by atoms with van der Waals surface area (Å²) in [7, 11) is 0. The highest BCUT2D eigenvalue weighted by molar-refractivity contribution is 6.20. The molecule has 0 bridgehead atoms. The Morgan fingerprint density at radius 1 is 1.67 bits per heavy atom. The first kappa shape index (κ1) is 16.0. The summed E-state index contributed by atoms with van der Waals surface area (Å²) in [6.45, 7) is -1.16. The molecule has 1 aromatic heterocycles. The number of hydrogen-bond donors (Lipinski definition) is 3. The van der Waals surface area contributed by atoms with Gasteiger partial charge in [0.05, 0.1) is 12.8 Å². The molecule has 21 heavy (non-hydrogen) atoms. The lowest BCUT2D eigenvalue weighted by Crippen LogP contribution is -2.51. The molecule has 1 saturated heterocycles. The van der Waals surface area contributed by atoms with E-state index in [0.717, 1.165) is 0 Å². The van der Waals surface area contributed by atoms with E-state index in [4.69, 9.17) is 27.2 Å². The highest BCUT2D eigenvalue weighted by atomic mass is 35.5. The number of anilines is 1. The summed E-state index contributed by atoms with van der Waals surface area (Å²) in [6, 6.07) is 0. The molecule has 1 aromatic rings. The third-order valence-corrected chi connectivity index (χ3v) is 3.61. The lowest BCUT2D eigenvalue weighted by Gasteiger charge is -2.29. The Hall–Kier alpha value is -1.36. The first-order valence-electron chi connectivity index (χ1n) is 5.67. The summed E-state index contributed by atoms with van der Waals surface area (Å²) in [4.78, 5) is 14.7. The van der Waals surface area contributed by atoms with Crippen LogP contribution in [-0.4, -0.2) is 49.9 Å². The summed E-state index contributed by atoms with van der Waals surface area (Å²) in [5.74, 6) is -1.84. The first-order valence-corrected chi connectivity index (χ1v) is 6.11. The number of nitrogens with zero attached hydrogens (tertiary/aromatic N) is 2. The Morgan fingerprint density at radius 2 is 2.29 bits per heavy atom. The maximum atomic E-state index is 14.1. The van der Waals surface area contributed by atoms with Gasteiger partial charge in [0, 0.05) is 0 Å². The van der Waals surface area contributed by atoms with Crippen molar-refractivity contribution in [3.05, 3.63) is 22.5 Å². The quantitative estimate of drug-likeness (QED) is 0.642. The van der Waals surface area contributed by atoms with Crippen LogP contribution in [0.5, 0.6) is 0 Å². The zero-order valence-electron chi connectivity index (χ0n) is 10.3. The van der Waals surface area contributed by atoms with Crippen molar-refractivity contribution in [2.45, 2.75) is 29.7 Å². The fraction of sp³-hybridized carbons (Fsp3) is 0.600. The van der Waals surface area contributed by atoms with Crippen molar-refractivity contribution >= 4 is 17.4 Å². The minimum absolute atomic E-state index is 0.357. The van der Waals surface area contributed by atoms with E-state index in [1.165, 1.54) is 0 Å². The highest BCUT2D eigenvalue weighted by Crippen LogP contribution is 2.42. The van der Waals surface area contributed by atoms with Crippen molar-refractivity contribution in [3.8, 4) is 0 Å². The van der Waals surface area contributed by atoms with E-state index in [0.29, 0.717) is 10.8 Å². The van der Waals surface area contributed by atoms with Gasteiger partial charge in [-0.3, -0.25) is 4.57 Å². The first-order chi connectivity index (χ1) is 9.74. The van der Waals surface area contributed by atoms with Crippen molar-refractivity contribution in [1.29, 1.82) is 0 Å². The average molecular weight is 330 g/mol. The van der Waals surface area contributed by atoms with E-state index in [2.05, 4.69) is 4.98 Å². The topological polar surface area (TPSA) is 111 Å². The molecule has 2 heterocycles. The van der Waals surface area contributed by atoms with Crippen LogP contribution in [0, 0.1) is 5.82 Å². The molecule has 0 aromatic carbocycles. The van der Waals surface area contributed by atoms with E-state index >= 15 is 0 Å². The summed E-state index contributed by atoms with van der Waals surface area (Å²) in [5, 5.41) is 18.8. The van der Waals surface area contributed by atoms with Gasteiger partial charge in [-0.05, 0) is 0 Å². The van der Waals surface area contributed by atoms with Crippen molar-refractivity contribution in [1.82, 2.24) is 9.55 Å². The number of aliphatic hydroxyl groups is 2. The molecule has 11 heteroatoms. The molecule has 1 aliphatic rings. The third-order valence-electron chi connectivity index (χ3n) is 3.24. The number of aromatic nitrogens is 2. The van der Waals surface area contributed by atoms with Crippen molar-refractivity contribution < 1.29 is 28.1 Å². The van der Waals surface area contributed by atoms with Gasteiger partial charge in [-0.2, -0.15) is 4.98 Å². The molecule has 118 valence electrons. The molecular formula is C10H11ClF3N3O4. The number of aliphatic hydroxyl groups excluding tert-OH is 2. The zero-order valence-corrected chi connectivity index (χ0v) is 11.0. The largest absolute Gasteiger partial charge is 0.393 e. The van der Waals surface area contributed by atoms with Gasteiger partial charge in [0.25, 0.3) is 0 Å². The molecule has 4 N–H and O–H groups in total. The van der Waals surface area contributed by atoms with Crippen LogP contribution < -0.4 is 11.4 Å². The van der Waals surface area contributed by atoms with E-state index in [1.54, 1.807) is 0 Å². The molecule has 0 saturated carbocycles. The fourth-order valence-electron chi connectivity index (χ4n) is 2.02. The minimum Gasteiger partial charge on any atom is -0.393 e. The second-order valence-corrected chi connectivity index (χ2v) is 4.86. The van der Waals surface area contributed by atoms with Crippen LogP contribution in [0.2, 0.25) is 0 Å². The van der Waals surface area contributed by atoms with Gasteiger partial charge in [0.1, 0.15) is 6.10 Å². The number of ether oxygens (including phenoxy) is 1. The molecule has 7 nitrogen and oxygen atoms in total. The van der Waals surface area contributed by atoms with Gasteiger partial charge in [-0.15, -0.1) is 0 Å². The lowest BCUT2D eigenvalue weighted by atomic mass is 9.98. The van der Waals surface area contributed by atoms with E-state index in [1.807, 2.05) is 0 Å². The highest BCUT2D eigenvalue weighted by Gasteiger charge is 2.60. The Labute approximate surface area is 120 Å². The van der Waals surface area contributed by atoms with Gasteiger partial charge in [-0.1, -0.05) is 11.6 Å².